The summed E-state index contributed by atoms with van der Waals surface area (Å²) in [5.41, 5.74) is 0.463. The maximum absolute atomic E-state index is 11.8. The Morgan fingerprint density at radius 3 is 2.65 bits per heavy atom. The zero-order chi connectivity index (χ0) is 15.0. The van der Waals surface area contributed by atoms with E-state index in [2.05, 4.69) is 10.6 Å². The Hall–Kier alpha value is -2.08. The van der Waals surface area contributed by atoms with Gasteiger partial charge in [-0.2, -0.15) is 0 Å². The van der Waals surface area contributed by atoms with Crippen molar-refractivity contribution in [3.05, 3.63) is 29.8 Å². The van der Waals surface area contributed by atoms with E-state index in [0.717, 1.165) is 6.54 Å². The van der Waals surface area contributed by atoms with Crippen LogP contribution in [0.3, 0.4) is 0 Å². The fourth-order valence-electron chi connectivity index (χ4n) is 1.51. The molecule has 20 heavy (non-hydrogen) atoms. The molecule has 0 aliphatic carbocycles. The van der Waals surface area contributed by atoms with Gasteiger partial charge >= 0.3 is 0 Å². The number of nitrogens with zero attached hydrogens (tertiary/aromatic N) is 1. The van der Waals surface area contributed by atoms with Crippen molar-refractivity contribution in [2.24, 2.45) is 0 Å². The molecule has 1 rings (SSSR count). The number of amides is 2. The van der Waals surface area contributed by atoms with E-state index in [1.54, 1.807) is 24.3 Å². The van der Waals surface area contributed by atoms with E-state index in [9.17, 15) is 9.59 Å². The first-order chi connectivity index (χ1) is 9.52. The second-order valence-electron chi connectivity index (χ2n) is 4.57. The second-order valence-corrected chi connectivity index (χ2v) is 4.57. The van der Waals surface area contributed by atoms with Crippen LogP contribution in [0.2, 0.25) is 0 Å². The minimum atomic E-state index is -0.299. The smallest absolute Gasteiger partial charge is 0.251 e. The van der Waals surface area contributed by atoms with Crippen LogP contribution in [0.5, 0.6) is 5.75 Å². The van der Waals surface area contributed by atoms with Crippen molar-refractivity contribution in [3.8, 4) is 5.75 Å². The number of carbonyl (C=O) groups excluding carboxylic acids is 2. The number of hydrogen-bond acceptors (Lipinski definition) is 4. The molecule has 1 aromatic carbocycles. The van der Waals surface area contributed by atoms with Gasteiger partial charge in [0.25, 0.3) is 5.91 Å². The van der Waals surface area contributed by atoms with Crippen molar-refractivity contribution in [3.63, 3.8) is 0 Å². The quantitative estimate of drug-likeness (QED) is 0.743. The summed E-state index contributed by atoms with van der Waals surface area (Å²) < 4.78 is 5.04. The van der Waals surface area contributed by atoms with Gasteiger partial charge in [-0.15, -0.1) is 0 Å². The molecule has 0 fully saturated rings. The molecule has 0 unspecified atom stereocenters. The lowest BCUT2D eigenvalue weighted by molar-refractivity contribution is -0.120. The van der Waals surface area contributed by atoms with E-state index < -0.39 is 0 Å². The molecular formula is C14H21N3O3. The maximum atomic E-state index is 11.8. The number of benzene rings is 1. The van der Waals surface area contributed by atoms with Gasteiger partial charge in [0.05, 0.1) is 13.7 Å². The van der Waals surface area contributed by atoms with E-state index in [-0.39, 0.29) is 18.4 Å². The highest BCUT2D eigenvalue weighted by Crippen LogP contribution is 2.12. The van der Waals surface area contributed by atoms with Gasteiger partial charge < -0.3 is 20.3 Å². The van der Waals surface area contributed by atoms with Crippen LogP contribution in [0.1, 0.15) is 10.4 Å². The molecule has 110 valence electrons. The first-order valence-electron chi connectivity index (χ1n) is 6.36. The van der Waals surface area contributed by atoms with Crippen LogP contribution in [0, 0.1) is 0 Å². The molecule has 1 aromatic rings. The molecule has 6 nitrogen and oxygen atoms in total. The monoisotopic (exact) mass is 279 g/mol. The Morgan fingerprint density at radius 1 is 1.25 bits per heavy atom. The van der Waals surface area contributed by atoms with Gasteiger partial charge in [0, 0.05) is 18.7 Å². The molecule has 2 N–H and O–H groups in total. The molecule has 0 aliphatic rings. The number of likely N-dealkylation sites (N-methyl/N-ethyl adjacent to an activating group) is 1. The fourth-order valence-corrected chi connectivity index (χ4v) is 1.51. The number of rotatable bonds is 7. The zero-order valence-electron chi connectivity index (χ0n) is 12.1. The van der Waals surface area contributed by atoms with Crippen LogP contribution < -0.4 is 15.4 Å². The van der Waals surface area contributed by atoms with Crippen LogP contribution in [0.15, 0.2) is 24.3 Å². The van der Waals surface area contributed by atoms with Crippen molar-refractivity contribution in [1.29, 1.82) is 0 Å². The van der Waals surface area contributed by atoms with Crippen LogP contribution >= 0.6 is 0 Å². The summed E-state index contributed by atoms with van der Waals surface area (Å²) in [5.74, 6) is 0.0999. The molecule has 0 bridgehead atoms. The summed E-state index contributed by atoms with van der Waals surface area (Å²) in [5, 5.41) is 5.29. The van der Waals surface area contributed by atoms with E-state index in [0.29, 0.717) is 17.9 Å². The third-order valence-electron chi connectivity index (χ3n) is 2.62. The van der Waals surface area contributed by atoms with E-state index in [1.807, 2.05) is 19.0 Å². The van der Waals surface area contributed by atoms with Crippen LogP contribution in [-0.4, -0.2) is 57.6 Å². The maximum Gasteiger partial charge on any atom is 0.251 e. The van der Waals surface area contributed by atoms with Gasteiger partial charge in [-0.3, -0.25) is 9.59 Å². The van der Waals surface area contributed by atoms with Crippen molar-refractivity contribution >= 4 is 11.8 Å². The lowest BCUT2D eigenvalue weighted by Gasteiger charge is -2.11. The Balaban J connectivity index is 2.37. The minimum absolute atomic E-state index is 0.0382. The van der Waals surface area contributed by atoms with Gasteiger partial charge in [-0.05, 0) is 32.3 Å². The normalized spacial score (nSPS) is 10.2. The number of carbonyl (C=O) groups is 2. The lowest BCUT2D eigenvalue weighted by atomic mass is 10.2. The lowest BCUT2D eigenvalue weighted by Crippen LogP contribution is -2.39. The summed E-state index contributed by atoms with van der Waals surface area (Å²) in [6, 6.07) is 6.77. The van der Waals surface area contributed by atoms with Crippen LogP contribution in [0.25, 0.3) is 0 Å². The number of ether oxygens (including phenoxy) is 1. The van der Waals surface area contributed by atoms with Crippen molar-refractivity contribution in [1.82, 2.24) is 15.5 Å². The molecule has 0 aromatic heterocycles. The van der Waals surface area contributed by atoms with E-state index in [4.69, 9.17) is 4.74 Å². The summed E-state index contributed by atoms with van der Waals surface area (Å²) >= 11 is 0. The van der Waals surface area contributed by atoms with Gasteiger partial charge in [0.2, 0.25) is 5.91 Å². The first-order valence-corrected chi connectivity index (χ1v) is 6.36. The van der Waals surface area contributed by atoms with Crippen LogP contribution in [0.4, 0.5) is 0 Å². The molecule has 0 atom stereocenters. The third kappa shape index (κ3) is 5.71. The molecule has 0 heterocycles. The summed E-state index contributed by atoms with van der Waals surface area (Å²) in [7, 11) is 5.39. The number of hydrogen-bond donors (Lipinski definition) is 2. The molecule has 6 heteroatoms. The number of methoxy groups -OCH3 is 1. The molecule has 0 radical (unpaired) electrons. The molecule has 0 spiro atoms. The van der Waals surface area contributed by atoms with Crippen molar-refractivity contribution < 1.29 is 14.3 Å². The first kappa shape index (κ1) is 16.0. The second kappa shape index (κ2) is 8.16. The third-order valence-corrected chi connectivity index (χ3v) is 2.62. The largest absolute Gasteiger partial charge is 0.497 e. The zero-order valence-corrected chi connectivity index (χ0v) is 12.1. The predicted octanol–water partition coefficient (Wildman–Crippen LogP) is 0.103. The van der Waals surface area contributed by atoms with Gasteiger partial charge in [-0.25, -0.2) is 0 Å². The highest BCUT2D eigenvalue weighted by molar-refractivity contribution is 5.96. The minimum Gasteiger partial charge on any atom is -0.497 e. The average molecular weight is 279 g/mol. The molecular weight excluding hydrogens is 258 g/mol. The van der Waals surface area contributed by atoms with Gasteiger partial charge in [0.15, 0.2) is 0 Å². The topological polar surface area (TPSA) is 70.7 Å². The Labute approximate surface area is 119 Å². The molecule has 0 saturated heterocycles. The number of nitrogens with one attached hydrogen (secondary N) is 2. The summed E-state index contributed by atoms with van der Waals surface area (Å²) in [6.45, 7) is 1.28. The Morgan fingerprint density at radius 2 is 2.00 bits per heavy atom. The SMILES string of the molecule is COc1cccc(C(=O)NCC(=O)NCCN(C)C)c1. The standard InChI is InChI=1S/C14H21N3O3/c1-17(2)8-7-15-13(18)10-16-14(19)11-5-4-6-12(9-11)20-3/h4-6,9H,7-8,10H2,1-3H3,(H,15,18)(H,16,19). The van der Waals surface area contributed by atoms with Crippen LogP contribution in [-0.2, 0) is 4.79 Å². The fraction of sp³-hybridized carbons (Fsp3) is 0.429. The highest BCUT2D eigenvalue weighted by Gasteiger charge is 2.08. The Bertz CT molecular complexity index is 461. The predicted molar refractivity (Wildman–Crippen MR) is 76.9 cm³/mol. The van der Waals surface area contributed by atoms with Gasteiger partial charge in [0.1, 0.15) is 5.75 Å². The highest BCUT2D eigenvalue weighted by atomic mass is 16.5. The average Bonchev–Trinajstić information content (AvgIpc) is 2.44. The van der Waals surface area contributed by atoms with Gasteiger partial charge in [-0.1, -0.05) is 6.07 Å². The molecule has 0 saturated carbocycles. The van der Waals surface area contributed by atoms with E-state index in [1.165, 1.54) is 7.11 Å². The van der Waals surface area contributed by atoms with E-state index >= 15 is 0 Å². The summed E-state index contributed by atoms with van der Waals surface area (Å²) in [6.07, 6.45) is 0. The van der Waals surface area contributed by atoms with Crippen molar-refractivity contribution in [2.75, 3.05) is 40.8 Å². The van der Waals surface area contributed by atoms with Crippen molar-refractivity contribution in [2.45, 2.75) is 0 Å². The Kier molecular flexibility index (Phi) is 6.52. The summed E-state index contributed by atoms with van der Waals surface area (Å²) in [4.78, 5) is 25.3. The molecule has 0 aliphatic heterocycles. The molecule has 2 amide bonds.